The first-order chi connectivity index (χ1) is 8.80. The lowest BCUT2D eigenvalue weighted by Crippen LogP contribution is -2.32. The summed E-state index contributed by atoms with van der Waals surface area (Å²) in [7, 11) is 0.686. The maximum absolute atomic E-state index is 11.9. The third kappa shape index (κ3) is 3.51. The van der Waals surface area contributed by atoms with Gasteiger partial charge in [-0.1, -0.05) is 13.3 Å². The van der Waals surface area contributed by atoms with E-state index in [1.807, 2.05) is 6.92 Å². The summed E-state index contributed by atoms with van der Waals surface area (Å²) in [6.45, 7) is 2.61. The van der Waals surface area contributed by atoms with Crippen LogP contribution in [0.25, 0.3) is 0 Å². The van der Waals surface area contributed by atoms with Crippen LogP contribution in [0.5, 0.6) is 0 Å². The van der Waals surface area contributed by atoms with Crippen molar-refractivity contribution in [1.82, 2.24) is 24.0 Å². The molecule has 0 bridgehead atoms. The number of nitrogens with zero attached hydrogens (tertiary/aromatic N) is 5. The summed E-state index contributed by atoms with van der Waals surface area (Å²) in [5.74, 6) is 0. The van der Waals surface area contributed by atoms with E-state index in [-0.39, 0.29) is 5.16 Å². The molecule has 9 heteroatoms. The van der Waals surface area contributed by atoms with Crippen molar-refractivity contribution >= 4 is 16.1 Å². The molecule has 0 saturated heterocycles. The highest BCUT2D eigenvalue weighted by atomic mass is 32.2. The molecule has 1 heterocycles. The topological polar surface area (TPSA) is 88.4 Å². The van der Waals surface area contributed by atoms with Gasteiger partial charge in [-0.05, 0) is 6.42 Å². The van der Waals surface area contributed by atoms with Gasteiger partial charge in [-0.3, -0.25) is 0 Å². The predicted molar refractivity (Wildman–Crippen MR) is 69.2 cm³/mol. The molecule has 1 aromatic rings. The number of hydrogen-bond donors (Lipinski definition) is 0. The van der Waals surface area contributed by atoms with Crippen molar-refractivity contribution in [3.8, 4) is 0 Å². The van der Waals surface area contributed by atoms with Crippen molar-refractivity contribution < 1.29 is 13.2 Å². The molecule has 0 aromatic carbocycles. The van der Waals surface area contributed by atoms with Crippen LogP contribution in [0.1, 0.15) is 19.8 Å². The van der Waals surface area contributed by atoms with E-state index >= 15 is 0 Å². The Balaban J connectivity index is 2.89. The van der Waals surface area contributed by atoms with Crippen molar-refractivity contribution in [2.45, 2.75) is 24.9 Å². The molecule has 0 spiro atoms. The average molecular weight is 289 g/mol. The Morgan fingerprint density at radius 2 is 2.00 bits per heavy atom. The molecule has 1 rings (SSSR count). The first-order valence-electron chi connectivity index (χ1n) is 5.90. The minimum atomic E-state index is -3.71. The standard InChI is InChI=1S/C10H19N5O3S/c1-5-6-7-14(4)10(16)15-8-11-9(12-15)19(17,18)13(2)3/h8H,5-7H2,1-4H3. The highest BCUT2D eigenvalue weighted by Crippen LogP contribution is 2.06. The smallest absolute Gasteiger partial charge is 0.326 e. The zero-order valence-electron chi connectivity index (χ0n) is 11.6. The number of carbonyl (C=O) groups is 1. The van der Waals surface area contributed by atoms with E-state index in [4.69, 9.17) is 0 Å². The molecule has 19 heavy (non-hydrogen) atoms. The van der Waals surface area contributed by atoms with Crippen LogP contribution in [0.2, 0.25) is 0 Å². The van der Waals surface area contributed by atoms with Crippen molar-refractivity contribution in [3.05, 3.63) is 6.33 Å². The largest absolute Gasteiger partial charge is 0.345 e. The van der Waals surface area contributed by atoms with Gasteiger partial charge < -0.3 is 4.90 Å². The summed E-state index contributed by atoms with van der Waals surface area (Å²) in [5.41, 5.74) is 0. The van der Waals surface area contributed by atoms with E-state index in [1.165, 1.54) is 19.0 Å². The molecular weight excluding hydrogens is 270 g/mol. The lowest BCUT2D eigenvalue weighted by Gasteiger charge is -2.15. The summed E-state index contributed by atoms with van der Waals surface area (Å²) in [5, 5.41) is 3.34. The second kappa shape index (κ2) is 6.11. The number of hydrogen-bond acceptors (Lipinski definition) is 5. The highest BCUT2D eigenvalue weighted by Gasteiger charge is 2.24. The highest BCUT2D eigenvalue weighted by molar-refractivity contribution is 7.88. The number of sulfonamides is 1. The first-order valence-corrected chi connectivity index (χ1v) is 7.34. The summed E-state index contributed by atoms with van der Waals surface area (Å²) in [6.07, 6.45) is 2.95. The number of unbranched alkanes of at least 4 members (excludes halogenated alkanes) is 1. The Bertz CT molecular complexity index is 537. The van der Waals surface area contributed by atoms with Gasteiger partial charge in [-0.25, -0.2) is 22.5 Å². The Morgan fingerprint density at radius 1 is 1.37 bits per heavy atom. The lowest BCUT2D eigenvalue weighted by molar-refractivity contribution is 0.206. The lowest BCUT2D eigenvalue weighted by atomic mass is 10.3. The molecule has 0 unspecified atom stereocenters. The first kappa shape index (κ1) is 15.6. The van der Waals surface area contributed by atoms with Crippen LogP contribution in [-0.2, 0) is 10.0 Å². The molecule has 0 aliphatic carbocycles. The van der Waals surface area contributed by atoms with E-state index < -0.39 is 16.1 Å². The van der Waals surface area contributed by atoms with E-state index in [0.29, 0.717) is 6.54 Å². The normalized spacial score (nSPS) is 11.8. The molecule has 0 aliphatic rings. The molecule has 0 radical (unpaired) electrons. The molecule has 0 saturated carbocycles. The fourth-order valence-corrected chi connectivity index (χ4v) is 1.99. The summed E-state index contributed by atoms with van der Waals surface area (Å²) in [4.78, 5) is 17.1. The monoisotopic (exact) mass is 289 g/mol. The van der Waals surface area contributed by atoms with Crippen LogP contribution in [-0.4, -0.2) is 66.1 Å². The van der Waals surface area contributed by atoms with Crippen molar-refractivity contribution in [2.24, 2.45) is 0 Å². The van der Waals surface area contributed by atoms with Crippen LogP contribution in [0.15, 0.2) is 11.5 Å². The van der Waals surface area contributed by atoms with Crippen molar-refractivity contribution in [1.29, 1.82) is 0 Å². The van der Waals surface area contributed by atoms with Gasteiger partial charge in [0.25, 0.3) is 15.2 Å². The van der Waals surface area contributed by atoms with Gasteiger partial charge >= 0.3 is 6.03 Å². The third-order valence-corrected chi connectivity index (χ3v) is 4.16. The number of amides is 1. The summed E-state index contributed by atoms with van der Waals surface area (Å²) >= 11 is 0. The van der Waals surface area contributed by atoms with Crippen LogP contribution in [0, 0.1) is 0 Å². The Hall–Kier alpha value is -1.48. The molecule has 8 nitrogen and oxygen atoms in total. The van der Waals surface area contributed by atoms with Gasteiger partial charge in [0.05, 0.1) is 0 Å². The molecule has 0 aliphatic heterocycles. The molecule has 108 valence electrons. The van der Waals surface area contributed by atoms with Crippen LogP contribution >= 0.6 is 0 Å². The van der Waals surface area contributed by atoms with E-state index in [1.54, 1.807) is 7.05 Å². The summed E-state index contributed by atoms with van der Waals surface area (Å²) in [6, 6.07) is -0.402. The fraction of sp³-hybridized carbons (Fsp3) is 0.700. The van der Waals surface area contributed by atoms with Gasteiger partial charge in [0.1, 0.15) is 6.33 Å². The molecule has 0 fully saturated rings. The number of carbonyl (C=O) groups excluding carboxylic acids is 1. The minimum absolute atomic E-state index is 0.380. The predicted octanol–water partition coefficient (Wildman–Crippen LogP) is 0.228. The van der Waals surface area contributed by atoms with Crippen molar-refractivity contribution in [3.63, 3.8) is 0 Å². The average Bonchev–Trinajstić information content (AvgIpc) is 2.84. The van der Waals surface area contributed by atoms with Gasteiger partial charge in [0.15, 0.2) is 0 Å². The zero-order chi connectivity index (χ0) is 14.6. The van der Waals surface area contributed by atoms with E-state index in [0.717, 1.165) is 28.2 Å². The SMILES string of the molecule is CCCCN(C)C(=O)n1cnc(S(=O)(=O)N(C)C)n1. The van der Waals surface area contributed by atoms with Crippen LogP contribution < -0.4 is 0 Å². The Kier molecular flexibility index (Phi) is 5.01. The molecular formula is C10H19N5O3S. The van der Waals surface area contributed by atoms with Gasteiger partial charge in [-0.15, -0.1) is 5.10 Å². The molecule has 1 amide bonds. The van der Waals surface area contributed by atoms with Gasteiger partial charge in [-0.2, -0.15) is 4.68 Å². The molecule has 0 atom stereocenters. The number of aromatic nitrogens is 3. The van der Waals surface area contributed by atoms with Crippen molar-refractivity contribution in [2.75, 3.05) is 27.7 Å². The second-order valence-electron chi connectivity index (χ2n) is 4.32. The quantitative estimate of drug-likeness (QED) is 0.774. The van der Waals surface area contributed by atoms with E-state index in [2.05, 4.69) is 10.1 Å². The van der Waals surface area contributed by atoms with E-state index in [9.17, 15) is 13.2 Å². The van der Waals surface area contributed by atoms with Gasteiger partial charge in [0.2, 0.25) is 0 Å². The fourth-order valence-electron chi connectivity index (χ4n) is 1.29. The Morgan fingerprint density at radius 3 is 2.53 bits per heavy atom. The number of rotatable bonds is 5. The zero-order valence-corrected chi connectivity index (χ0v) is 12.4. The third-order valence-electron chi connectivity index (χ3n) is 2.55. The molecule has 1 aromatic heterocycles. The Labute approximate surface area is 113 Å². The van der Waals surface area contributed by atoms with Crippen LogP contribution in [0.4, 0.5) is 4.79 Å². The minimum Gasteiger partial charge on any atom is -0.326 e. The van der Waals surface area contributed by atoms with Gasteiger partial charge in [0, 0.05) is 27.7 Å². The second-order valence-corrected chi connectivity index (χ2v) is 6.36. The summed E-state index contributed by atoms with van der Waals surface area (Å²) < 4.78 is 25.5. The molecule has 0 N–H and O–H groups in total. The maximum Gasteiger partial charge on any atom is 0.345 e. The van der Waals surface area contributed by atoms with Crippen LogP contribution in [0.3, 0.4) is 0 Å². The maximum atomic E-state index is 11.9.